The van der Waals surface area contributed by atoms with Crippen LogP contribution in [0.5, 0.6) is 0 Å². The third kappa shape index (κ3) is 2.67. The molecule has 1 aromatic heterocycles. The van der Waals surface area contributed by atoms with Crippen molar-refractivity contribution < 1.29 is 14.6 Å². The summed E-state index contributed by atoms with van der Waals surface area (Å²) < 4.78 is 5.84. The lowest BCUT2D eigenvalue weighted by Gasteiger charge is -2.45. The Morgan fingerprint density at radius 2 is 2.22 bits per heavy atom. The second-order valence-corrected chi connectivity index (χ2v) is 6.28. The summed E-state index contributed by atoms with van der Waals surface area (Å²) in [7, 11) is 0. The van der Waals surface area contributed by atoms with Gasteiger partial charge in [-0.15, -0.1) is 0 Å². The van der Waals surface area contributed by atoms with Gasteiger partial charge in [0.05, 0.1) is 18.8 Å². The van der Waals surface area contributed by atoms with E-state index in [-0.39, 0.29) is 13.1 Å². The maximum atomic E-state index is 11.7. The maximum Gasteiger partial charge on any atom is 0.410 e. The van der Waals surface area contributed by atoms with Crippen LogP contribution in [0.3, 0.4) is 0 Å². The number of nitrogens with zero attached hydrogens (tertiary/aromatic N) is 2. The minimum atomic E-state index is -1.06. The summed E-state index contributed by atoms with van der Waals surface area (Å²) in [4.78, 5) is 13.2. The zero-order valence-corrected chi connectivity index (χ0v) is 12.1. The van der Waals surface area contributed by atoms with E-state index in [0.29, 0.717) is 10.3 Å². The second-order valence-electron chi connectivity index (χ2n) is 5.47. The van der Waals surface area contributed by atoms with Gasteiger partial charge in [-0.3, -0.25) is 5.10 Å². The predicted molar refractivity (Wildman–Crippen MR) is 68.0 cm³/mol. The quantitative estimate of drug-likeness (QED) is 0.824. The first-order valence-corrected chi connectivity index (χ1v) is 6.41. The highest BCUT2D eigenvalue weighted by Gasteiger charge is 2.47. The van der Waals surface area contributed by atoms with Crippen LogP contribution in [0, 0.1) is 0 Å². The van der Waals surface area contributed by atoms with Crippen LogP contribution in [0.2, 0.25) is 0 Å². The molecule has 1 fully saturated rings. The molecule has 0 aliphatic carbocycles. The molecular weight excluding hydrogens is 302 g/mol. The fourth-order valence-corrected chi connectivity index (χ4v) is 2.06. The highest BCUT2D eigenvalue weighted by molar-refractivity contribution is 9.10. The lowest BCUT2D eigenvalue weighted by Crippen LogP contribution is -2.62. The molecule has 2 N–H and O–H groups in total. The Bertz CT molecular complexity index is 460. The van der Waals surface area contributed by atoms with Gasteiger partial charge in [0.1, 0.15) is 15.8 Å². The molecule has 0 atom stereocenters. The van der Waals surface area contributed by atoms with E-state index in [2.05, 4.69) is 26.1 Å². The van der Waals surface area contributed by atoms with Crippen molar-refractivity contribution in [1.29, 1.82) is 0 Å². The molecule has 1 saturated heterocycles. The highest BCUT2D eigenvalue weighted by atomic mass is 79.9. The monoisotopic (exact) mass is 317 g/mol. The smallest absolute Gasteiger partial charge is 0.410 e. The highest BCUT2D eigenvalue weighted by Crippen LogP contribution is 2.32. The number of ether oxygens (including phenoxy) is 1. The largest absolute Gasteiger partial charge is 0.444 e. The van der Waals surface area contributed by atoms with Gasteiger partial charge < -0.3 is 14.7 Å². The molecule has 2 rings (SSSR count). The maximum absolute atomic E-state index is 11.7. The zero-order valence-electron chi connectivity index (χ0n) is 10.5. The van der Waals surface area contributed by atoms with Gasteiger partial charge in [0.25, 0.3) is 0 Å². The van der Waals surface area contributed by atoms with Crippen LogP contribution in [-0.2, 0) is 10.3 Å². The van der Waals surface area contributed by atoms with Gasteiger partial charge in [0.15, 0.2) is 0 Å². The number of carbonyl (C=O) groups is 1. The molecule has 1 aliphatic heterocycles. The number of amides is 1. The number of aromatic nitrogens is 2. The number of carbonyl (C=O) groups excluding carboxylic acids is 1. The molecule has 0 saturated carbocycles. The second kappa shape index (κ2) is 4.24. The fourth-order valence-electron chi connectivity index (χ4n) is 1.75. The lowest BCUT2D eigenvalue weighted by molar-refractivity contribution is -0.106. The molecule has 18 heavy (non-hydrogen) atoms. The topological polar surface area (TPSA) is 78.4 Å². The van der Waals surface area contributed by atoms with Gasteiger partial charge in [0.2, 0.25) is 0 Å². The first kappa shape index (κ1) is 13.4. The molecule has 0 aromatic carbocycles. The number of H-pyrrole nitrogens is 1. The third-order valence-electron chi connectivity index (χ3n) is 2.60. The Labute approximate surface area is 113 Å². The SMILES string of the molecule is CC(C)(C)OC(=O)N1CC(O)(c2cc(Br)n[nH]2)C1. The zero-order chi connectivity index (χ0) is 13.6. The normalized spacial score (nSPS) is 18.4. The summed E-state index contributed by atoms with van der Waals surface area (Å²) >= 11 is 3.20. The number of rotatable bonds is 1. The molecule has 1 aromatic rings. The number of likely N-dealkylation sites (tertiary alicyclic amines) is 1. The first-order valence-electron chi connectivity index (χ1n) is 5.61. The van der Waals surface area contributed by atoms with Crippen LogP contribution in [-0.4, -0.2) is 45.0 Å². The van der Waals surface area contributed by atoms with E-state index in [1.807, 2.05) is 20.8 Å². The average molecular weight is 318 g/mol. The van der Waals surface area contributed by atoms with Crippen molar-refractivity contribution in [1.82, 2.24) is 15.1 Å². The molecule has 2 heterocycles. The molecule has 1 aliphatic rings. The molecule has 0 radical (unpaired) electrons. The molecule has 7 heteroatoms. The molecule has 100 valence electrons. The van der Waals surface area contributed by atoms with Crippen LogP contribution < -0.4 is 0 Å². The fraction of sp³-hybridized carbons (Fsp3) is 0.636. The van der Waals surface area contributed by atoms with E-state index in [9.17, 15) is 9.90 Å². The summed E-state index contributed by atoms with van der Waals surface area (Å²) in [5.41, 5.74) is -0.994. The van der Waals surface area contributed by atoms with Crippen LogP contribution in [0.1, 0.15) is 26.5 Å². The van der Waals surface area contributed by atoms with Crippen molar-refractivity contribution in [3.8, 4) is 0 Å². The molecule has 0 spiro atoms. The van der Waals surface area contributed by atoms with Gasteiger partial charge in [-0.05, 0) is 42.8 Å². The van der Waals surface area contributed by atoms with Crippen LogP contribution >= 0.6 is 15.9 Å². The summed E-state index contributed by atoms with van der Waals surface area (Å²) in [5, 5.41) is 16.9. The minimum absolute atomic E-state index is 0.205. The first-order chi connectivity index (χ1) is 8.20. The predicted octanol–water partition coefficient (Wildman–Crippen LogP) is 1.61. The lowest BCUT2D eigenvalue weighted by atomic mass is 9.91. The van der Waals surface area contributed by atoms with Gasteiger partial charge >= 0.3 is 6.09 Å². The van der Waals surface area contributed by atoms with Crippen molar-refractivity contribution in [3.63, 3.8) is 0 Å². The Morgan fingerprint density at radius 3 is 2.67 bits per heavy atom. The summed E-state index contributed by atoms with van der Waals surface area (Å²) in [5.74, 6) is 0. The van der Waals surface area contributed by atoms with Gasteiger partial charge in [-0.25, -0.2) is 4.79 Å². The van der Waals surface area contributed by atoms with Crippen molar-refractivity contribution in [3.05, 3.63) is 16.4 Å². The van der Waals surface area contributed by atoms with Gasteiger partial charge in [-0.1, -0.05) is 0 Å². The number of β-amino-alcohol motifs (C(OH)–C–C–N with tert-alkyl or cyclic N) is 1. The number of aliphatic hydroxyl groups is 1. The van der Waals surface area contributed by atoms with Gasteiger partial charge in [0, 0.05) is 0 Å². The van der Waals surface area contributed by atoms with E-state index < -0.39 is 17.3 Å². The van der Waals surface area contributed by atoms with Crippen molar-refractivity contribution in [2.45, 2.75) is 32.0 Å². The van der Waals surface area contributed by atoms with E-state index in [1.54, 1.807) is 6.07 Å². The number of halogens is 1. The molecule has 6 nitrogen and oxygen atoms in total. The molecular formula is C11H16BrN3O3. The number of hydrogen-bond donors (Lipinski definition) is 2. The van der Waals surface area contributed by atoms with Crippen LogP contribution in [0.15, 0.2) is 10.7 Å². The van der Waals surface area contributed by atoms with E-state index >= 15 is 0 Å². The van der Waals surface area contributed by atoms with Crippen molar-refractivity contribution >= 4 is 22.0 Å². The Hall–Kier alpha value is -1.08. The Kier molecular flexibility index (Phi) is 3.14. The van der Waals surface area contributed by atoms with E-state index in [0.717, 1.165) is 0 Å². The molecule has 0 unspecified atom stereocenters. The summed E-state index contributed by atoms with van der Waals surface area (Å²) in [6.07, 6.45) is -0.411. The van der Waals surface area contributed by atoms with Crippen molar-refractivity contribution in [2.24, 2.45) is 0 Å². The van der Waals surface area contributed by atoms with Crippen LogP contribution in [0.25, 0.3) is 0 Å². The molecule has 0 bridgehead atoms. The summed E-state index contributed by atoms with van der Waals surface area (Å²) in [6, 6.07) is 1.70. The minimum Gasteiger partial charge on any atom is -0.444 e. The number of nitrogens with one attached hydrogen (secondary N) is 1. The summed E-state index contributed by atoms with van der Waals surface area (Å²) in [6.45, 7) is 5.84. The van der Waals surface area contributed by atoms with Crippen LogP contribution in [0.4, 0.5) is 4.79 Å². The third-order valence-corrected chi connectivity index (χ3v) is 3.01. The van der Waals surface area contributed by atoms with E-state index in [1.165, 1.54) is 4.90 Å². The molecule has 1 amide bonds. The van der Waals surface area contributed by atoms with E-state index in [4.69, 9.17) is 4.74 Å². The number of hydrogen-bond acceptors (Lipinski definition) is 4. The average Bonchev–Trinajstić information content (AvgIpc) is 2.57. The van der Waals surface area contributed by atoms with Gasteiger partial charge in [-0.2, -0.15) is 5.10 Å². The van der Waals surface area contributed by atoms with Crippen molar-refractivity contribution in [2.75, 3.05) is 13.1 Å². The Balaban J connectivity index is 1.95. The Morgan fingerprint density at radius 1 is 1.61 bits per heavy atom. The number of aromatic amines is 1. The standard InChI is InChI=1S/C11H16BrN3O3/c1-10(2,3)18-9(16)15-5-11(17,6-15)7-4-8(12)14-13-7/h4,17H,5-6H2,1-3H3,(H,13,14).